The molecule has 0 saturated carbocycles. The molecule has 0 aliphatic heterocycles. The SMILES string of the molecule is CCC(C)(CN)C(=O)NC(CC(=O)O)c1ccccc1. The van der Waals surface area contributed by atoms with Crippen molar-refractivity contribution in [1.82, 2.24) is 5.32 Å². The number of benzene rings is 1. The topological polar surface area (TPSA) is 92.4 Å². The van der Waals surface area contributed by atoms with E-state index in [0.29, 0.717) is 6.42 Å². The van der Waals surface area contributed by atoms with Crippen molar-refractivity contribution in [3.63, 3.8) is 0 Å². The molecule has 4 N–H and O–H groups in total. The van der Waals surface area contributed by atoms with Gasteiger partial charge in [-0.1, -0.05) is 37.3 Å². The van der Waals surface area contributed by atoms with E-state index in [1.54, 1.807) is 19.1 Å². The number of amides is 1. The highest BCUT2D eigenvalue weighted by Crippen LogP contribution is 2.23. The van der Waals surface area contributed by atoms with Crippen LogP contribution in [0.1, 0.15) is 38.3 Å². The van der Waals surface area contributed by atoms with Crippen LogP contribution in [-0.4, -0.2) is 23.5 Å². The van der Waals surface area contributed by atoms with Crippen molar-refractivity contribution in [2.45, 2.75) is 32.7 Å². The lowest BCUT2D eigenvalue weighted by molar-refractivity contribution is -0.138. The number of nitrogens with two attached hydrogens (primary N) is 1. The summed E-state index contributed by atoms with van der Waals surface area (Å²) in [7, 11) is 0. The molecule has 5 nitrogen and oxygen atoms in total. The van der Waals surface area contributed by atoms with E-state index in [4.69, 9.17) is 10.8 Å². The number of carboxylic acids is 1. The highest BCUT2D eigenvalue weighted by Gasteiger charge is 2.31. The second kappa shape index (κ2) is 7.05. The van der Waals surface area contributed by atoms with Gasteiger partial charge in [0.25, 0.3) is 0 Å². The largest absolute Gasteiger partial charge is 0.481 e. The summed E-state index contributed by atoms with van der Waals surface area (Å²) in [6.45, 7) is 3.90. The summed E-state index contributed by atoms with van der Waals surface area (Å²) < 4.78 is 0. The van der Waals surface area contributed by atoms with Gasteiger partial charge in [0.05, 0.1) is 17.9 Å². The molecular weight excluding hydrogens is 256 g/mol. The predicted octanol–water partition coefficient (Wildman–Crippen LogP) is 1.69. The summed E-state index contributed by atoms with van der Waals surface area (Å²) in [6, 6.07) is 8.55. The Morgan fingerprint density at radius 3 is 2.40 bits per heavy atom. The van der Waals surface area contributed by atoms with Gasteiger partial charge in [-0.2, -0.15) is 0 Å². The Bertz CT molecular complexity index is 455. The molecule has 110 valence electrons. The van der Waals surface area contributed by atoms with Gasteiger partial charge in [-0.15, -0.1) is 0 Å². The molecule has 0 aromatic heterocycles. The number of carboxylic acid groups (broad SMARTS) is 1. The third kappa shape index (κ3) is 4.06. The first kappa shape index (κ1) is 16.2. The Balaban J connectivity index is 2.91. The standard InChI is InChI=1S/C15H22N2O3/c1-3-15(2,10-16)14(20)17-12(9-13(18)19)11-7-5-4-6-8-11/h4-8,12H,3,9-10,16H2,1-2H3,(H,17,20)(H,18,19). The monoisotopic (exact) mass is 278 g/mol. The van der Waals surface area contributed by atoms with E-state index in [9.17, 15) is 9.59 Å². The van der Waals surface area contributed by atoms with E-state index in [1.807, 2.05) is 25.1 Å². The number of rotatable bonds is 7. The van der Waals surface area contributed by atoms with Crippen molar-refractivity contribution in [3.05, 3.63) is 35.9 Å². The molecule has 20 heavy (non-hydrogen) atoms. The van der Waals surface area contributed by atoms with Crippen LogP contribution in [0.15, 0.2) is 30.3 Å². The maximum Gasteiger partial charge on any atom is 0.305 e. The minimum Gasteiger partial charge on any atom is -0.481 e. The normalized spacial score (nSPS) is 15.2. The van der Waals surface area contributed by atoms with Crippen LogP contribution in [0.3, 0.4) is 0 Å². The van der Waals surface area contributed by atoms with Crippen molar-refractivity contribution in [2.75, 3.05) is 6.54 Å². The Hall–Kier alpha value is -1.88. The van der Waals surface area contributed by atoms with Crippen LogP contribution in [0, 0.1) is 5.41 Å². The molecule has 0 aliphatic carbocycles. The lowest BCUT2D eigenvalue weighted by atomic mass is 9.86. The summed E-state index contributed by atoms with van der Waals surface area (Å²) in [5, 5.41) is 11.8. The average molecular weight is 278 g/mol. The van der Waals surface area contributed by atoms with Gasteiger partial charge in [0.2, 0.25) is 5.91 Å². The summed E-state index contributed by atoms with van der Waals surface area (Å²) >= 11 is 0. The Labute approximate surface area is 119 Å². The predicted molar refractivity (Wildman–Crippen MR) is 77.0 cm³/mol. The molecule has 0 saturated heterocycles. The van der Waals surface area contributed by atoms with E-state index in [0.717, 1.165) is 5.56 Å². The highest BCUT2D eigenvalue weighted by molar-refractivity contribution is 5.83. The van der Waals surface area contributed by atoms with E-state index in [2.05, 4.69) is 5.32 Å². The maximum atomic E-state index is 12.3. The van der Waals surface area contributed by atoms with Crippen molar-refractivity contribution >= 4 is 11.9 Å². The summed E-state index contributed by atoms with van der Waals surface area (Å²) in [4.78, 5) is 23.3. The zero-order chi connectivity index (χ0) is 15.2. The van der Waals surface area contributed by atoms with Crippen molar-refractivity contribution in [3.8, 4) is 0 Å². The van der Waals surface area contributed by atoms with E-state index in [1.165, 1.54) is 0 Å². The number of aliphatic carboxylic acids is 1. The molecule has 2 atom stereocenters. The first-order chi connectivity index (χ1) is 9.42. The molecule has 1 rings (SSSR count). The highest BCUT2D eigenvalue weighted by atomic mass is 16.4. The van der Waals surface area contributed by atoms with Crippen LogP contribution in [0.4, 0.5) is 0 Å². The molecule has 1 aromatic carbocycles. The number of hydrogen-bond acceptors (Lipinski definition) is 3. The molecule has 2 unspecified atom stereocenters. The van der Waals surface area contributed by atoms with Crippen LogP contribution in [0.5, 0.6) is 0 Å². The zero-order valence-electron chi connectivity index (χ0n) is 11.9. The molecule has 5 heteroatoms. The van der Waals surface area contributed by atoms with Gasteiger partial charge >= 0.3 is 5.97 Å². The van der Waals surface area contributed by atoms with Gasteiger partial charge in [-0.05, 0) is 18.9 Å². The Morgan fingerprint density at radius 1 is 1.35 bits per heavy atom. The lowest BCUT2D eigenvalue weighted by Gasteiger charge is -2.28. The van der Waals surface area contributed by atoms with Gasteiger partial charge in [-0.25, -0.2) is 0 Å². The van der Waals surface area contributed by atoms with Crippen LogP contribution >= 0.6 is 0 Å². The van der Waals surface area contributed by atoms with Crippen LogP contribution in [0.25, 0.3) is 0 Å². The second-order valence-electron chi connectivity index (χ2n) is 5.15. The van der Waals surface area contributed by atoms with E-state index >= 15 is 0 Å². The van der Waals surface area contributed by atoms with Crippen LogP contribution in [-0.2, 0) is 9.59 Å². The summed E-state index contributed by atoms with van der Waals surface area (Å²) in [6.07, 6.45) is 0.448. The first-order valence-corrected chi connectivity index (χ1v) is 6.70. The van der Waals surface area contributed by atoms with Crippen LogP contribution in [0.2, 0.25) is 0 Å². The molecule has 0 heterocycles. The Kier molecular flexibility index (Phi) is 5.70. The van der Waals surface area contributed by atoms with Crippen molar-refractivity contribution < 1.29 is 14.7 Å². The van der Waals surface area contributed by atoms with Gasteiger partial charge < -0.3 is 16.2 Å². The third-order valence-corrected chi connectivity index (χ3v) is 3.67. The molecule has 0 aliphatic rings. The fraction of sp³-hybridized carbons (Fsp3) is 0.467. The van der Waals surface area contributed by atoms with Crippen LogP contribution < -0.4 is 11.1 Å². The molecule has 1 amide bonds. The van der Waals surface area contributed by atoms with Gasteiger partial charge in [-0.3, -0.25) is 9.59 Å². The minimum absolute atomic E-state index is 0.153. The van der Waals surface area contributed by atoms with Gasteiger partial charge in [0, 0.05) is 6.54 Å². The maximum absolute atomic E-state index is 12.3. The number of carbonyl (C=O) groups is 2. The number of nitrogens with one attached hydrogen (secondary N) is 1. The minimum atomic E-state index is -0.954. The molecular formula is C15H22N2O3. The number of carbonyl (C=O) groups excluding carboxylic acids is 1. The Morgan fingerprint density at radius 2 is 1.95 bits per heavy atom. The molecule has 1 aromatic rings. The van der Waals surface area contributed by atoms with Gasteiger partial charge in [0.15, 0.2) is 0 Å². The fourth-order valence-corrected chi connectivity index (χ4v) is 1.84. The third-order valence-electron chi connectivity index (χ3n) is 3.67. The molecule has 0 bridgehead atoms. The quantitative estimate of drug-likeness (QED) is 0.707. The first-order valence-electron chi connectivity index (χ1n) is 6.70. The van der Waals surface area contributed by atoms with E-state index in [-0.39, 0.29) is 18.9 Å². The van der Waals surface area contributed by atoms with Gasteiger partial charge in [0.1, 0.15) is 0 Å². The lowest BCUT2D eigenvalue weighted by Crippen LogP contribution is -2.45. The molecule has 0 fully saturated rings. The summed E-state index contributed by atoms with van der Waals surface area (Å²) in [5.74, 6) is -1.16. The fourth-order valence-electron chi connectivity index (χ4n) is 1.84. The summed E-state index contributed by atoms with van der Waals surface area (Å²) in [5.41, 5.74) is 5.76. The molecule has 0 radical (unpaired) electrons. The van der Waals surface area contributed by atoms with Crippen molar-refractivity contribution in [1.29, 1.82) is 0 Å². The average Bonchev–Trinajstić information content (AvgIpc) is 2.46. The second-order valence-corrected chi connectivity index (χ2v) is 5.15. The smallest absolute Gasteiger partial charge is 0.305 e. The molecule has 0 spiro atoms. The van der Waals surface area contributed by atoms with E-state index < -0.39 is 17.4 Å². The number of hydrogen-bond donors (Lipinski definition) is 3. The zero-order valence-corrected chi connectivity index (χ0v) is 11.9. The van der Waals surface area contributed by atoms with Crippen molar-refractivity contribution in [2.24, 2.45) is 11.1 Å².